The molecule has 1 aliphatic heterocycles. The van der Waals surface area contributed by atoms with Crippen LogP contribution in [0, 0.1) is 5.41 Å². The molecule has 1 unspecified atom stereocenters. The minimum absolute atomic E-state index is 0.125. The zero-order valence-corrected chi connectivity index (χ0v) is 4.78. The quantitative estimate of drug-likeness (QED) is 0.490. The second kappa shape index (κ2) is 1.24. The van der Waals surface area contributed by atoms with Gasteiger partial charge in [-0.15, -0.1) is 0 Å². The Balaban J connectivity index is 2.03. The Hall–Kier alpha value is -0.110. The first-order chi connectivity index (χ1) is 3.83. The van der Waals surface area contributed by atoms with Gasteiger partial charge in [0.05, 0.1) is 0 Å². The largest absolute Gasteiger partial charge is 0.315 e. The van der Waals surface area contributed by atoms with Crippen LogP contribution < -0.4 is 5.32 Å². The average Bonchev–Trinajstić information content (AvgIpc) is 1.58. The summed E-state index contributed by atoms with van der Waals surface area (Å²) in [7, 11) is 0. The fraction of sp³-hybridized carbons (Fsp3) is 1.00. The van der Waals surface area contributed by atoms with Gasteiger partial charge in [-0.3, -0.25) is 0 Å². The van der Waals surface area contributed by atoms with Crippen LogP contribution in [0.15, 0.2) is 0 Å². The lowest BCUT2D eigenvalue weighted by Crippen LogP contribution is -2.63. The highest BCUT2D eigenvalue weighted by Crippen LogP contribution is 2.46. The molecule has 1 spiro atoms. The summed E-state index contributed by atoms with van der Waals surface area (Å²) in [6.07, 6.45) is 1.44. The van der Waals surface area contributed by atoms with Gasteiger partial charge in [-0.1, -0.05) is 0 Å². The van der Waals surface area contributed by atoms with Crippen LogP contribution in [0.3, 0.4) is 0 Å². The fourth-order valence-corrected chi connectivity index (χ4v) is 1.51. The van der Waals surface area contributed by atoms with Crippen molar-refractivity contribution in [2.45, 2.75) is 19.0 Å². The predicted molar refractivity (Wildman–Crippen MR) is 29.4 cm³/mol. The smallest absolute Gasteiger partial charge is 0.108 e. The maximum atomic E-state index is 12.6. The SMILES string of the molecule is FC1CCC12CNC2. The Morgan fingerprint density at radius 3 is 2.25 bits per heavy atom. The van der Waals surface area contributed by atoms with E-state index in [9.17, 15) is 4.39 Å². The van der Waals surface area contributed by atoms with Crippen molar-refractivity contribution in [3.63, 3.8) is 0 Å². The van der Waals surface area contributed by atoms with E-state index in [1.54, 1.807) is 0 Å². The molecule has 1 aliphatic carbocycles. The maximum Gasteiger partial charge on any atom is 0.108 e. The molecule has 2 rings (SSSR count). The van der Waals surface area contributed by atoms with Crippen molar-refractivity contribution in [2.75, 3.05) is 13.1 Å². The Morgan fingerprint density at radius 1 is 1.50 bits per heavy atom. The third kappa shape index (κ3) is 0.356. The Morgan fingerprint density at radius 2 is 2.25 bits per heavy atom. The first-order valence-electron chi connectivity index (χ1n) is 3.18. The van der Waals surface area contributed by atoms with E-state index in [0.29, 0.717) is 0 Å². The van der Waals surface area contributed by atoms with Gasteiger partial charge in [0.1, 0.15) is 6.17 Å². The first kappa shape index (κ1) is 4.74. The topological polar surface area (TPSA) is 12.0 Å². The van der Waals surface area contributed by atoms with E-state index in [4.69, 9.17) is 0 Å². The summed E-state index contributed by atoms with van der Waals surface area (Å²) in [6.45, 7) is 1.85. The van der Waals surface area contributed by atoms with Crippen molar-refractivity contribution < 1.29 is 4.39 Å². The third-order valence-corrected chi connectivity index (χ3v) is 2.51. The summed E-state index contributed by atoms with van der Waals surface area (Å²) < 4.78 is 12.6. The second-order valence-corrected chi connectivity index (χ2v) is 2.97. The van der Waals surface area contributed by atoms with Gasteiger partial charge in [0.25, 0.3) is 0 Å². The van der Waals surface area contributed by atoms with Crippen molar-refractivity contribution in [2.24, 2.45) is 5.41 Å². The van der Waals surface area contributed by atoms with Crippen LogP contribution in [-0.4, -0.2) is 19.3 Å². The van der Waals surface area contributed by atoms with Crippen LogP contribution in [0.25, 0.3) is 0 Å². The maximum absolute atomic E-state index is 12.6. The summed E-state index contributed by atoms with van der Waals surface area (Å²) >= 11 is 0. The molecule has 1 nitrogen and oxygen atoms in total. The highest BCUT2D eigenvalue weighted by atomic mass is 19.1. The second-order valence-electron chi connectivity index (χ2n) is 2.97. The lowest BCUT2D eigenvalue weighted by molar-refractivity contribution is -0.0457. The van der Waals surface area contributed by atoms with Gasteiger partial charge in [-0.05, 0) is 12.8 Å². The zero-order valence-electron chi connectivity index (χ0n) is 4.78. The van der Waals surface area contributed by atoms with Gasteiger partial charge >= 0.3 is 0 Å². The van der Waals surface area contributed by atoms with Crippen molar-refractivity contribution in [1.82, 2.24) is 5.32 Å². The highest BCUT2D eigenvalue weighted by molar-refractivity contribution is 5.04. The monoisotopic (exact) mass is 115 g/mol. The van der Waals surface area contributed by atoms with Gasteiger partial charge in [-0.25, -0.2) is 4.39 Å². The lowest BCUT2D eigenvalue weighted by Gasteiger charge is -2.52. The molecule has 1 saturated carbocycles. The van der Waals surface area contributed by atoms with E-state index >= 15 is 0 Å². The summed E-state index contributed by atoms with van der Waals surface area (Å²) in [5, 5.41) is 3.09. The number of hydrogen-bond donors (Lipinski definition) is 1. The third-order valence-electron chi connectivity index (χ3n) is 2.51. The Kier molecular flexibility index (Phi) is 0.734. The molecule has 0 aromatic carbocycles. The first-order valence-corrected chi connectivity index (χ1v) is 3.18. The van der Waals surface area contributed by atoms with Crippen LogP contribution in [-0.2, 0) is 0 Å². The van der Waals surface area contributed by atoms with Gasteiger partial charge in [0.2, 0.25) is 0 Å². The van der Waals surface area contributed by atoms with Gasteiger partial charge in [-0.2, -0.15) is 0 Å². The molecule has 0 bridgehead atoms. The summed E-state index contributed by atoms with van der Waals surface area (Å²) in [4.78, 5) is 0. The van der Waals surface area contributed by atoms with Crippen LogP contribution in [0.5, 0.6) is 0 Å². The van der Waals surface area contributed by atoms with Crippen LogP contribution >= 0.6 is 0 Å². The van der Waals surface area contributed by atoms with Crippen molar-refractivity contribution in [3.8, 4) is 0 Å². The van der Waals surface area contributed by atoms with E-state index in [2.05, 4.69) is 5.32 Å². The van der Waals surface area contributed by atoms with E-state index in [0.717, 1.165) is 25.9 Å². The van der Waals surface area contributed by atoms with Gasteiger partial charge in [0, 0.05) is 18.5 Å². The average molecular weight is 115 g/mol. The van der Waals surface area contributed by atoms with Crippen LogP contribution in [0.1, 0.15) is 12.8 Å². The standard InChI is InChI=1S/C6H10FN/c7-5-1-2-6(5)3-8-4-6/h5,8H,1-4H2. The normalized spacial score (nSPS) is 40.9. The Labute approximate surface area is 48.3 Å². The number of alkyl halides is 1. The van der Waals surface area contributed by atoms with E-state index in [-0.39, 0.29) is 5.41 Å². The molecule has 2 fully saturated rings. The molecule has 1 saturated heterocycles. The van der Waals surface area contributed by atoms with E-state index in [1.807, 2.05) is 0 Å². The molecular weight excluding hydrogens is 105 g/mol. The molecule has 2 heteroatoms. The van der Waals surface area contributed by atoms with Crippen LogP contribution in [0.2, 0.25) is 0 Å². The molecular formula is C6H10FN. The van der Waals surface area contributed by atoms with Gasteiger partial charge < -0.3 is 5.32 Å². The molecule has 46 valence electrons. The lowest BCUT2D eigenvalue weighted by atomic mass is 9.63. The molecule has 1 heterocycles. The molecule has 8 heavy (non-hydrogen) atoms. The number of rotatable bonds is 0. The number of halogens is 1. The summed E-state index contributed by atoms with van der Waals surface area (Å²) in [5.74, 6) is 0. The van der Waals surface area contributed by atoms with Crippen molar-refractivity contribution in [3.05, 3.63) is 0 Å². The molecule has 1 atom stereocenters. The molecule has 1 N–H and O–H groups in total. The summed E-state index contributed by atoms with van der Waals surface area (Å²) in [5.41, 5.74) is 0.125. The van der Waals surface area contributed by atoms with E-state index in [1.165, 1.54) is 0 Å². The number of hydrogen-bond acceptors (Lipinski definition) is 1. The molecule has 0 aromatic rings. The number of nitrogens with one attached hydrogen (secondary N) is 1. The molecule has 0 aromatic heterocycles. The fourth-order valence-electron chi connectivity index (χ4n) is 1.51. The molecule has 2 aliphatic rings. The highest BCUT2D eigenvalue weighted by Gasteiger charge is 2.51. The predicted octanol–water partition coefficient (Wildman–Crippen LogP) is 0.708. The zero-order chi connectivity index (χ0) is 5.61. The Bertz CT molecular complexity index is 104. The molecule has 0 amide bonds. The van der Waals surface area contributed by atoms with Crippen molar-refractivity contribution in [1.29, 1.82) is 0 Å². The van der Waals surface area contributed by atoms with Crippen LogP contribution in [0.4, 0.5) is 4.39 Å². The van der Waals surface area contributed by atoms with Gasteiger partial charge in [0.15, 0.2) is 0 Å². The minimum Gasteiger partial charge on any atom is -0.315 e. The minimum atomic E-state index is -0.483. The summed E-state index contributed by atoms with van der Waals surface area (Å²) in [6, 6.07) is 0. The van der Waals surface area contributed by atoms with E-state index < -0.39 is 6.17 Å². The molecule has 0 radical (unpaired) electrons. The van der Waals surface area contributed by atoms with Crippen molar-refractivity contribution >= 4 is 0 Å².